The number of hydrogen-bond acceptors (Lipinski definition) is 1. The molecular formula is C28H59N. The fourth-order valence-corrected chi connectivity index (χ4v) is 4.46. The molecule has 0 radical (unpaired) electrons. The Bertz CT molecular complexity index is 262. The van der Waals surface area contributed by atoms with Gasteiger partial charge < -0.3 is 4.90 Å². The molecule has 0 unspecified atom stereocenters. The van der Waals surface area contributed by atoms with E-state index in [-0.39, 0.29) is 0 Å². The zero-order chi connectivity index (χ0) is 21.4. The van der Waals surface area contributed by atoms with Gasteiger partial charge in [0, 0.05) is 6.54 Å². The summed E-state index contributed by atoms with van der Waals surface area (Å²) in [7, 11) is 0. The molecule has 1 nitrogen and oxygen atoms in total. The van der Waals surface area contributed by atoms with Crippen molar-refractivity contribution in [2.24, 2.45) is 5.92 Å². The topological polar surface area (TPSA) is 3.24 Å². The molecule has 0 heterocycles. The van der Waals surface area contributed by atoms with E-state index in [0.717, 1.165) is 5.92 Å². The zero-order valence-electron chi connectivity index (χ0n) is 21.3. The Labute approximate surface area is 186 Å². The first kappa shape index (κ1) is 29.0. The van der Waals surface area contributed by atoms with Crippen LogP contribution < -0.4 is 0 Å². The van der Waals surface area contributed by atoms with Crippen LogP contribution in [0.1, 0.15) is 156 Å². The molecule has 0 aliphatic carbocycles. The van der Waals surface area contributed by atoms with Crippen LogP contribution in [0.25, 0.3) is 0 Å². The number of nitrogens with zero attached hydrogens (tertiary/aromatic N) is 1. The monoisotopic (exact) mass is 409 g/mol. The molecule has 0 aliphatic rings. The summed E-state index contributed by atoms with van der Waals surface area (Å²) in [5.41, 5.74) is 0. The van der Waals surface area contributed by atoms with E-state index in [0.29, 0.717) is 0 Å². The fourth-order valence-electron chi connectivity index (χ4n) is 4.46. The maximum Gasteiger partial charge on any atom is 0.000438 e. The van der Waals surface area contributed by atoms with Crippen molar-refractivity contribution in [1.29, 1.82) is 0 Å². The lowest BCUT2D eigenvalue weighted by atomic mass is 10.1. The highest BCUT2D eigenvalue weighted by Gasteiger charge is 2.07. The second-order valence-electron chi connectivity index (χ2n) is 10.1. The average Bonchev–Trinajstić information content (AvgIpc) is 2.70. The van der Waals surface area contributed by atoms with Gasteiger partial charge in [-0.2, -0.15) is 0 Å². The van der Waals surface area contributed by atoms with Gasteiger partial charge in [-0.3, -0.25) is 0 Å². The normalized spacial score (nSPS) is 11.8. The maximum atomic E-state index is 2.76. The molecule has 0 aromatic rings. The highest BCUT2D eigenvalue weighted by Crippen LogP contribution is 2.13. The van der Waals surface area contributed by atoms with Crippen LogP contribution >= 0.6 is 0 Å². The number of hydrogen-bond donors (Lipinski definition) is 0. The summed E-state index contributed by atoms with van der Waals surface area (Å²) in [5, 5.41) is 0. The van der Waals surface area contributed by atoms with Gasteiger partial charge >= 0.3 is 0 Å². The Kier molecular flexibility index (Phi) is 24.2. The predicted octanol–water partition coefficient (Wildman–Crippen LogP) is 9.79. The zero-order valence-corrected chi connectivity index (χ0v) is 21.3. The van der Waals surface area contributed by atoms with Gasteiger partial charge in [-0.15, -0.1) is 0 Å². The molecule has 0 spiro atoms. The predicted molar refractivity (Wildman–Crippen MR) is 135 cm³/mol. The van der Waals surface area contributed by atoms with Gasteiger partial charge in [0.1, 0.15) is 0 Å². The minimum atomic E-state index is 0.807. The second-order valence-corrected chi connectivity index (χ2v) is 10.1. The first-order valence-electron chi connectivity index (χ1n) is 13.9. The van der Waals surface area contributed by atoms with Crippen molar-refractivity contribution in [1.82, 2.24) is 4.90 Å². The number of rotatable bonds is 24. The third-order valence-electron chi connectivity index (χ3n) is 6.28. The summed E-state index contributed by atoms with van der Waals surface area (Å²) in [6, 6.07) is 0. The Hall–Kier alpha value is -0.0400. The van der Waals surface area contributed by atoms with Crippen LogP contribution in [0.5, 0.6) is 0 Å². The van der Waals surface area contributed by atoms with E-state index in [4.69, 9.17) is 0 Å². The van der Waals surface area contributed by atoms with E-state index in [9.17, 15) is 0 Å². The molecule has 0 N–H and O–H groups in total. The summed E-state index contributed by atoms with van der Waals surface area (Å²) >= 11 is 0. The molecule has 0 atom stereocenters. The van der Waals surface area contributed by atoms with Gasteiger partial charge in [-0.1, -0.05) is 143 Å². The highest BCUT2D eigenvalue weighted by atomic mass is 15.1. The summed E-state index contributed by atoms with van der Waals surface area (Å²) in [5.74, 6) is 0.807. The summed E-state index contributed by atoms with van der Waals surface area (Å²) < 4.78 is 0. The quantitative estimate of drug-likeness (QED) is 0.143. The number of unbranched alkanes of at least 4 members (excludes halogenated alkanes) is 18. The minimum Gasteiger partial charge on any atom is -0.303 e. The van der Waals surface area contributed by atoms with Crippen molar-refractivity contribution in [3.05, 3.63) is 0 Å². The standard InChI is InChI=1S/C28H59N/c1-5-7-9-11-13-15-17-19-21-23-25-29(27-28(3)4)26-24-22-20-18-16-14-12-10-8-6-2/h28H,5-27H2,1-4H3. The lowest BCUT2D eigenvalue weighted by Crippen LogP contribution is -2.30. The Morgan fingerprint density at radius 3 is 0.966 bits per heavy atom. The third kappa shape index (κ3) is 24.1. The van der Waals surface area contributed by atoms with Gasteiger partial charge in [0.15, 0.2) is 0 Å². The van der Waals surface area contributed by atoms with E-state index in [2.05, 4.69) is 32.6 Å². The SMILES string of the molecule is CCCCCCCCCCCCN(CCCCCCCCCCCC)CC(C)C. The molecule has 29 heavy (non-hydrogen) atoms. The van der Waals surface area contributed by atoms with E-state index >= 15 is 0 Å². The van der Waals surface area contributed by atoms with Gasteiger partial charge in [-0.05, 0) is 31.8 Å². The summed E-state index contributed by atoms with van der Waals surface area (Å²) in [6.45, 7) is 13.3. The molecule has 0 saturated heterocycles. The highest BCUT2D eigenvalue weighted by molar-refractivity contribution is 4.62. The molecule has 0 aliphatic heterocycles. The van der Waals surface area contributed by atoms with Crippen molar-refractivity contribution >= 4 is 0 Å². The molecule has 0 aromatic heterocycles. The van der Waals surface area contributed by atoms with Gasteiger partial charge in [0.25, 0.3) is 0 Å². The smallest absolute Gasteiger partial charge is 0.000438 e. The average molecular weight is 410 g/mol. The van der Waals surface area contributed by atoms with Gasteiger partial charge in [0.2, 0.25) is 0 Å². The van der Waals surface area contributed by atoms with Gasteiger partial charge in [-0.25, -0.2) is 0 Å². The molecule has 0 aromatic carbocycles. The van der Waals surface area contributed by atoms with Crippen molar-refractivity contribution < 1.29 is 0 Å². The maximum absolute atomic E-state index is 2.76. The van der Waals surface area contributed by atoms with E-state index in [1.54, 1.807) is 0 Å². The molecule has 0 saturated carbocycles. The van der Waals surface area contributed by atoms with Crippen LogP contribution in [-0.2, 0) is 0 Å². The molecule has 0 rings (SSSR count). The first-order chi connectivity index (χ1) is 14.2. The molecule has 0 amide bonds. The minimum absolute atomic E-state index is 0.807. The third-order valence-corrected chi connectivity index (χ3v) is 6.28. The lowest BCUT2D eigenvalue weighted by molar-refractivity contribution is 0.233. The van der Waals surface area contributed by atoms with Crippen LogP contribution in [0.2, 0.25) is 0 Å². The second kappa shape index (κ2) is 24.2. The van der Waals surface area contributed by atoms with Crippen LogP contribution in [-0.4, -0.2) is 24.5 Å². The van der Waals surface area contributed by atoms with Crippen molar-refractivity contribution in [3.63, 3.8) is 0 Å². The molecular weight excluding hydrogens is 350 g/mol. The van der Waals surface area contributed by atoms with Gasteiger partial charge in [0.05, 0.1) is 0 Å². The lowest BCUT2D eigenvalue weighted by Gasteiger charge is -2.24. The summed E-state index contributed by atoms with van der Waals surface area (Å²) in [4.78, 5) is 2.76. The Morgan fingerprint density at radius 1 is 0.414 bits per heavy atom. The Morgan fingerprint density at radius 2 is 0.690 bits per heavy atom. The molecule has 0 fully saturated rings. The van der Waals surface area contributed by atoms with E-state index in [1.165, 1.54) is 148 Å². The molecule has 0 bridgehead atoms. The van der Waals surface area contributed by atoms with Crippen LogP contribution in [0.3, 0.4) is 0 Å². The first-order valence-corrected chi connectivity index (χ1v) is 13.9. The largest absolute Gasteiger partial charge is 0.303 e. The fraction of sp³-hybridized carbons (Fsp3) is 1.00. The van der Waals surface area contributed by atoms with Crippen molar-refractivity contribution in [2.45, 2.75) is 156 Å². The van der Waals surface area contributed by atoms with E-state index in [1.807, 2.05) is 0 Å². The van der Waals surface area contributed by atoms with Crippen LogP contribution in [0.15, 0.2) is 0 Å². The molecule has 1 heteroatoms. The molecule has 176 valence electrons. The van der Waals surface area contributed by atoms with Crippen LogP contribution in [0.4, 0.5) is 0 Å². The Balaban J connectivity index is 3.55. The van der Waals surface area contributed by atoms with Crippen molar-refractivity contribution in [3.8, 4) is 0 Å². The van der Waals surface area contributed by atoms with E-state index < -0.39 is 0 Å². The van der Waals surface area contributed by atoms with Crippen molar-refractivity contribution in [2.75, 3.05) is 19.6 Å². The van der Waals surface area contributed by atoms with Crippen LogP contribution in [0, 0.1) is 5.92 Å². The summed E-state index contributed by atoms with van der Waals surface area (Å²) in [6.07, 6.45) is 28.9.